The predicted molar refractivity (Wildman–Crippen MR) is 159 cm³/mol. The van der Waals surface area contributed by atoms with Gasteiger partial charge in [-0.2, -0.15) is 0 Å². The summed E-state index contributed by atoms with van der Waals surface area (Å²) in [5.74, 6) is 0. The topological polar surface area (TPSA) is 0 Å². The molecule has 0 heteroatoms. The highest BCUT2D eigenvalue weighted by Crippen LogP contribution is 2.14. The molecule has 0 nitrogen and oxygen atoms in total. The van der Waals surface area contributed by atoms with Crippen LogP contribution in [0.2, 0.25) is 0 Å². The molecule has 0 aromatic heterocycles. The minimum absolute atomic E-state index is 1.23. The second-order valence-corrected chi connectivity index (χ2v) is 10.9. The Morgan fingerprint density at radius 3 is 0.706 bits per heavy atom. The summed E-state index contributed by atoms with van der Waals surface area (Å²) in [4.78, 5) is 0. The molecule has 0 aliphatic heterocycles. The van der Waals surface area contributed by atoms with Gasteiger partial charge >= 0.3 is 0 Å². The fourth-order valence-corrected chi connectivity index (χ4v) is 4.87. The standard InChI is InChI=1S/C34H66/c1-3-5-7-9-11-13-15-17-19-21-23-25-27-29-31-33-34-32-30-28-26-24-22-20-18-16-14-12-10-8-6-4-2/h29-32H,3-28,33-34H2,1-2H3/b31-29+,32-30+. The average Bonchev–Trinajstić information content (AvgIpc) is 2.85. The van der Waals surface area contributed by atoms with Crippen LogP contribution in [0.5, 0.6) is 0 Å². The van der Waals surface area contributed by atoms with Crippen molar-refractivity contribution >= 4 is 0 Å². The van der Waals surface area contributed by atoms with Crippen molar-refractivity contribution in [2.45, 2.75) is 194 Å². The molecular formula is C34H66. The fraction of sp³-hybridized carbons (Fsp3) is 0.882. The Kier molecular flexibility index (Phi) is 32.0. The summed E-state index contributed by atoms with van der Waals surface area (Å²) in [6, 6.07) is 0. The number of hydrogen-bond donors (Lipinski definition) is 0. The van der Waals surface area contributed by atoms with E-state index >= 15 is 0 Å². The van der Waals surface area contributed by atoms with Crippen molar-refractivity contribution in [2.75, 3.05) is 0 Å². The maximum absolute atomic E-state index is 2.43. The molecule has 0 saturated carbocycles. The van der Waals surface area contributed by atoms with E-state index in [9.17, 15) is 0 Å². The van der Waals surface area contributed by atoms with Crippen LogP contribution in [0.25, 0.3) is 0 Å². The molecule has 0 spiro atoms. The average molecular weight is 475 g/mol. The third-order valence-corrected chi connectivity index (χ3v) is 7.28. The first-order valence-electron chi connectivity index (χ1n) is 16.2. The van der Waals surface area contributed by atoms with Gasteiger partial charge < -0.3 is 0 Å². The monoisotopic (exact) mass is 475 g/mol. The van der Waals surface area contributed by atoms with Crippen molar-refractivity contribution in [1.82, 2.24) is 0 Å². The summed E-state index contributed by atoms with van der Waals surface area (Å²) in [5, 5.41) is 0. The Balaban J connectivity index is 3.14. The van der Waals surface area contributed by atoms with E-state index in [4.69, 9.17) is 0 Å². The molecule has 0 aromatic carbocycles. The Hall–Kier alpha value is -0.520. The zero-order valence-electron chi connectivity index (χ0n) is 24.1. The predicted octanol–water partition coefficient (Wildman–Crippen LogP) is 13.1. The van der Waals surface area contributed by atoms with Gasteiger partial charge in [-0.3, -0.25) is 0 Å². The van der Waals surface area contributed by atoms with Crippen LogP contribution in [-0.4, -0.2) is 0 Å². The number of hydrogen-bond acceptors (Lipinski definition) is 0. The molecule has 0 aromatic rings. The van der Waals surface area contributed by atoms with Gasteiger partial charge in [0.25, 0.3) is 0 Å². The van der Waals surface area contributed by atoms with Crippen LogP contribution in [0, 0.1) is 0 Å². The number of unbranched alkanes of at least 4 members (excludes halogenated alkanes) is 25. The maximum atomic E-state index is 2.43. The molecule has 0 unspecified atom stereocenters. The lowest BCUT2D eigenvalue weighted by Gasteiger charge is -2.02. The molecule has 0 amide bonds. The van der Waals surface area contributed by atoms with Gasteiger partial charge in [-0.15, -0.1) is 0 Å². The van der Waals surface area contributed by atoms with E-state index in [2.05, 4.69) is 38.2 Å². The van der Waals surface area contributed by atoms with Gasteiger partial charge in [0.15, 0.2) is 0 Å². The highest BCUT2D eigenvalue weighted by atomic mass is 14.0. The Labute approximate surface area is 217 Å². The van der Waals surface area contributed by atoms with Gasteiger partial charge in [-0.25, -0.2) is 0 Å². The summed E-state index contributed by atoms with van der Waals surface area (Å²) in [7, 11) is 0. The molecule has 0 saturated heterocycles. The van der Waals surface area contributed by atoms with Crippen LogP contribution in [0.15, 0.2) is 24.3 Å². The smallest absolute Gasteiger partial charge is 0.0316 e. The summed E-state index contributed by atoms with van der Waals surface area (Å²) in [6.45, 7) is 4.60. The molecule has 0 radical (unpaired) electrons. The minimum atomic E-state index is 1.23. The Bertz CT molecular complexity index is 353. The van der Waals surface area contributed by atoms with Crippen molar-refractivity contribution in [2.24, 2.45) is 0 Å². The van der Waals surface area contributed by atoms with Crippen LogP contribution >= 0.6 is 0 Å². The SMILES string of the molecule is CCCCCCCCCCCCCC/C=C/CC/C=C/CCCCCCCCCCCCCC. The molecule has 0 rings (SSSR count). The van der Waals surface area contributed by atoms with Crippen LogP contribution in [0.1, 0.15) is 194 Å². The summed E-state index contributed by atoms with van der Waals surface area (Å²) in [5.41, 5.74) is 0. The van der Waals surface area contributed by atoms with E-state index in [1.165, 1.54) is 180 Å². The van der Waals surface area contributed by atoms with E-state index in [-0.39, 0.29) is 0 Å². The summed E-state index contributed by atoms with van der Waals surface area (Å²) < 4.78 is 0. The lowest BCUT2D eigenvalue weighted by atomic mass is 10.0. The van der Waals surface area contributed by atoms with Gasteiger partial charge in [0.2, 0.25) is 0 Å². The van der Waals surface area contributed by atoms with E-state index in [1.54, 1.807) is 0 Å². The number of rotatable bonds is 29. The van der Waals surface area contributed by atoms with Crippen molar-refractivity contribution in [3.05, 3.63) is 24.3 Å². The first-order chi connectivity index (χ1) is 16.9. The van der Waals surface area contributed by atoms with Gasteiger partial charge in [0.05, 0.1) is 0 Å². The molecule has 0 bridgehead atoms. The normalized spacial score (nSPS) is 11.9. The van der Waals surface area contributed by atoms with Gasteiger partial charge in [0.1, 0.15) is 0 Å². The lowest BCUT2D eigenvalue weighted by Crippen LogP contribution is -1.82. The number of allylic oxidation sites excluding steroid dienone is 4. The molecule has 0 heterocycles. The second kappa shape index (κ2) is 32.5. The zero-order valence-corrected chi connectivity index (χ0v) is 24.1. The fourth-order valence-electron chi connectivity index (χ4n) is 4.87. The van der Waals surface area contributed by atoms with E-state index < -0.39 is 0 Å². The summed E-state index contributed by atoms with van der Waals surface area (Å²) >= 11 is 0. The summed E-state index contributed by atoms with van der Waals surface area (Å²) in [6.07, 6.45) is 49.4. The minimum Gasteiger partial charge on any atom is -0.0885 e. The lowest BCUT2D eigenvalue weighted by molar-refractivity contribution is 0.545. The third kappa shape index (κ3) is 31.5. The molecule has 0 aliphatic carbocycles. The highest BCUT2D eigenvalue weighted by molar-refractivity contribution is 4.88. The van der Waals surface area contributed by atoms with Crippen LogP contribution in [-0.2, 0) is 0 Å². The molecule has 34 heavy (non-hydrogen) atoms. The third-order valence-electron chi connectivity index (χ3n) is 7.28. The van der Waals surface area contributed by atoms with Gasteiger partial charge in [-0.1, -0.05) is 179 Å². The van der Waals surface area contributed by atoms with Gasteiger partial charge in [-0.05, 0) is 38.5 Å². The maximum Gasteiger partial charge on any atom is -0.0316 e. The quantitative estimate of drug-likeness (QED) is 0.0746. The van der Waals surface area contributed by atoms with Crippen molar-refractivity contribution in [3.8, 4) is 0 Å². The molecule has 0 atom stereocenters. The molecule has 202 valence electrons. The van der Waals surface area contributed by atoms with Crippen LogP contribution < -0.4 is 0 Å². The van der Waals surface area contributed by atoms with Gasteiger partial charge in [0, 0.05) is 0 Å². The highest BCUT2D eigenvalue weighted by Gasteiger charge is 1.94. The first-order valence-corrected chi connectivity index (χ1v) is 16.2. The molecule has 0 N–H and O–H groups in total. The van der Waals surface area contributed by atoms with Crippen molar-refractivity contribution < 1.29 is 0 Å². The van der Waals surface area contributed by atoms with E-state index in [0.29, 0.717) is 0 Å². The van der Waals surface area contributed by atoms with Crippen molar-refractivity contribution in [3.63, 3.8) is 0 Å². The van der Waals surface area contributed by atoms with Crippen LogP contribution in [0.3, 0.4) is 0 Å². The molecule has 0 aliphatic rings. The first kappa shape index (κ1) is 33.5. The zero-order chi connectivity index (χ0) is 24.6. The molecular weight excluding hydrogens is 408 g/mol. The Morgan fingerprint density at radius 1 is 0.235 bits per heavy atom. The second-order valence-electron chi connectivity index (χ2n) is 10.9. The van der Waals surface area contributed by atoms with Crippen LogP contribution in [0.4, 0.5) is 0 Å². The van der Waals surface area contributed by atoms with E-state index in [0.717, 1.165) is 0 Å². The molecule has 0 fully saturated rings. The largest absolute Gasteiger partial charge is 0.0885 e. The van der Waals surface area contributed by atoms with E-state index in [1.807, 2.05) is 0 Å². The van der Waals surface area contributed by atoms with Crippen molar-refractivity contribution in [1.29, 1.82) is 0 Å². The Morgan fingerprint density at radius 2 is 0.441 bits per heavy atom.